The third-order valence-electron chi connectivity index (χ3n) is 2.59. The van der Waals surface area contributed by atoms with Gasteiger partial charge in [-0.1, -0.05) is 12.1 Å². The fraction of sp³-hybridized carbons (Fsp3) is 0.167. The van der Waals surface area contributed by atoms with Crippen LogP contribution in [0, 0.1) is 6.92 Å². The number of nitrogens with zero attached hydrogens (tertiary/aromatic N) is 2. The summed E-state index contributed by atoms with van der Waals surface area (Å²) >= 11 is 0. The zero-order chi connectivity index (χ0) is 11.7. The number of ketones is 1. The predicted molar refractivity (Wildman–Crippen MR) is 62.2 cm³/mol. The molecule has 0 spiro atoms. The van der Waals surface area contributed by atoms with Crippen molar-refractivity contribution < 1.29 is 4.79 Å². The molecule has 1 aromatic heterocycles. The van der Waals surface area contributed by atoms with E-state index in [1.54, 1.807) is 36.1 Å². The van der Waals surface area contributed by atoms with E-state index >= 15 is 0 Å². The summed E-state index contributed by atoms with van der Waals surface area (Å²) in [6, 6.07) is 7.02. The monoisotopic (exact) mass is 215 g/mol. The van der Waals surface area contributed by atoms with Crippen LogP contribution >= 0.6 is 0 Å². The first-order valence-corrected chi connectivity index (χ1v) is 4.98. The Labute approximate surface area is 93.7 Å². The van der Waals surface area contributed by atoms with Gasteiger partial charge >= 0.3 is 0 Å². The first-order chi connectivity index (χ1) is 7.59. The summed E-state index contributed by atoms with van der Waals surface area (Å²) in [4.78, 5) is 12.1. The van der Waals surface area contributed by atoms with Gasteiger partial charge in [-0.05, 0) is 24.6 Å². The van der Waals surface area contributed by atoms with Gasteiger partial charge in [-0.15, -0.1) is 0 Å². The Bertz CT molecular complexity index is 543. The van der Waals surface area contributed by atoms with Gasteiger partial charge in [-0.25, -0.2) is 0 Å². The minimum Gasteiger partial charge on any atom is -0.398 e. The molecule has 2 N–H and O–H groups in total. The summed E-state index contributed by atoms with van der Waals surface area (Å²) in [5.74, 6) is -0.0632. The van der Waals surface area contributed by atoms with Crippen molar-refractivity contribution in [1.29, 1.82) is 0 Å². The molecule has 0 atom stereocenters. The molecule has 2 rings (SSSR count). The van der Waals surface area contributed by atoms with Crippen LogP contribution in [0.15, 0.2) is 30.5 Å². The number of carbonyl (C=O) groups excluding carboxylic acids is 1. The van der Waals surface area contributed by atoms with Gasteiger partial charge in [0.2, 0.25) is 5.78 Å². The number of nitrogens with two attached hydrogens (primary N) is 1. The normalized spacial score (nSPS) is 10.4. The molecule has 1 heterocycles. The molecule has 0 saturated carbocycles. The summed E-state index contributed by atoms with van der Waals surface area (Å²) in [5.41, 5.74) is 8.53. The minimum atomic E-state index is -0.0632. The number of benzene rings is 1. The number of nitrogen functional groups attached to an aromatic ring is 1. The van der Waals surface area contributed by atoms with E-state index in [1.165, 1.54) is 0 Å². The number of carbonyl (C=O) groups is 1. The fourth-order valence-corrected chi connectivity index (χ4v) is 1.53. The maximum atomic E-state index is 12.1. The Morgan fingerprint density at radius 1 is 1.38 bits per heavy atom. The second kappa shape index (κ2) is 3.81. The first kappa shape index (κ1) is 10.4. The van der Waals surface area contributed by atoms with Crippen molar-refractivity contribution >= 4 is 11.5 Å². The molecule has 0 radical (unpaired) electrons. The SMILES string of the molecule is Cc1ccc(C(=O)c2ccnn2C)cc1N. The average molecular weight is 215 g/mol. The van der Waals surface area contributed by atoms with Crippen LogP contribution in [0.2, 0.25) is 0 Å². The molecule has 0 aliphatic carbocycles. The van der Waals surface area contributed by atoms with Crippen LogP contribution in [0.1, 0.15) is 21.6 Å². The van der Waals surface area contributed by atoms with Gasteiger partial charge in [0.1, 0.15) is 5.69 Å². The van der Waals surface area contributed by atoms with Crippen molar-refractivity contribution in [3.63, 3.8) is 0 Å². The highest BCUT2D eigenvalue weighted by atomic mass is 16.1. The zero-order valence-electron chi connectivity index (χ0n) is 9.27. The average Bonchev–Trinajstić information content (AvgIpc) is 2.67. The lowest BCUT2D eigenvalue weighted by Gasteiger charge is -2.04. The largest absolute Gasteiger partial charge is 0.398 e. The molecule has 0 saturated heterocycles. The highest BCUT2D eigenvalue weighted by molar-refractivity contribution is 6.08. The molecule has 82 valence electrons. The van der Waals surface area contributed by atoms with Crippen molar-refractivity contribution in [3.05, 3.63) is 47.3 Å². The number of aromatic nitrogens is 2. The highest BCUT2D eigenvalue weighted by Crippen LogP contribution is 2.15. The van der Waals surface area contributed by atoms with Gasteiger partial charge < -0.3 is 5.73 Å². The zero-order valence-corrected chi connectivity index (χ0v) is 9.27. The summed E-state index contributed by atoms with van der Waals surface area (Å²) in [7, 11) is 1.74. The number of rotatable bonds is 2. The molecule has 0 aliphatic heterocycles. The van der Waals surface area contributed by atoms with Crippen LogP contribution in [-0.2, 0) is 7.05 Å². The topological polar surface area (TPSA) is 60.9 Å². The third kappa shape index (κ3) is 1.69. The van der Waals surface area contributed by atoms with Crippen molar-refractivity contribution in [1.82, 2.24) is 9.78 Å². The third-order valence-corrected chi connectivity index (χ3v) is 2.59. The Balaban J connectivity index is 2.42. The van der Waals surface area contributed by atoms with Gasteiger partial charge in [-0.2, -0.15) is 5.10 Å². The van der Waals surface area contributed by atoms with E-state index in [9.17, 15) is 4.79 Å². The van der Waals surface area contributed by atoms with Crippen molar-refractivity contribution in [2.45, 2.75) is 6.92 Å². The molecular formula is C12H13N3O. The van der Waals surface area contributed by atoms with Crippen LogP contribution < -0.4 is 5.73 Å². The summed E-state index contributed by atoms with van der Waals surface area (Å²) in [5, 5.41) is 3.97. The van der Waals surface area contributed by atoms with Crippen LogP contribution in [0.5, 0.6) is 0 Å². The van der Waals surface area contributed by atoms with E-state index in [0.717, 1.165) is 5.56 Å². The standard InChI is InChI=1S/C12H13N3O/c1-8-3-4-9(7-10(8)13)12(16)11-5-6-14-15(11)2/h3-7H,13H2,1-2H3. The second-order valence-corrected chi connectivity index (χ2v) is 3.74. The molecular weight excluding hydrogens is 202 g/mol. The van der Waals surface area contributed by atoms with Crippen LogP contribution in [0.25, 0.3) is 0 Å². The second-order valence-electron chi connectivity index (χ2n) is 3.74. The van der Waals surface area contributed by atoms with Gasteiger partial charge in [-0.3, -0.25) is 9.48 Å². The number of aryl methyl sites for hydroxylation is 2. The van der Waals surface area contributed by atoms with E-state index in [0.29, 0.717) is 16.9 Å². The molecule has 2 aromatic rings. The number of hydrogen-bond donors (Lipinski definition) is 1. The summed E-state index contributed by atoms with van der Waals surface area (Å²) in [6.45, 7) is 1.91. The lowest BCUT2D eigenvalue weighted by Crippen LogP contribution is -2.08. The summed E-state index contributed by atoms with van der Waals surface area (Å²) < 4.78 is 1.55. The highest BCUT2D eigenvalue weighted by Gasteiger charge is 2.13. The van der Waals surface area contributed by atoms with Gasteiger partial charge in [0.05, 0.1) is 0 Å². The first-order valence-electron chi connectivity index (χ1n) is 4.98. The molecule has 1 aromatic carbocycles. The Morgan fingerprint density at radius 3 is 2.69 bits per heavy atom. The van der Waals surface area contributed by atoms with Crippen LogP contribution in [-0.4, -0.2) is 15.6 Å². The molecule has 4 nitrogen and oxygen atoms in total. The van der Waals surface area contributed by atoms with Crippen molar-refractivity contribution in [2.75, 3.05) is 5.73 Å². The molecule has 0 aliphatic rings. The molecule has 0 unspecified atom stereocenters. The molecule has 4 heteroatoms. The smallest absolute Gasteiger partial charge is 0.211 e. The molecule has 0 bridgehead atoms. The number of hydrogen-bond acceptors (Lipinski definition) is 3. The van der Waals surface area contributed by atoms with E-state index in [2.05, 4.69) is 5.10 Å². The maximum Gasteiger partial charge on any atom is 0.211 e. The van der Waals surface area contributed by atoms with E-state index in [4.69, 9.17) is 5.73 Å². The quantitative estimate of drug-likeness (QED) is 0.610. The van der Waals surface area contributed by atoms with Gasteiger partial charge in [0.25, 0.3) is 0 Å². The molecule has 16 heavy (non-hydrogen) atoms. The summed E-state index contributed by atoms with van der Waals surface area (Å²) in [6.07, 6.45) is 1.60. The minimum absolute atomic E-state index is 0.0632. The van der Waals surface area contributed by atoms with Gasteiger partial charge in [0.15, 0.2) is 0 Å². The van der Waals surface area contributed by atoms with E-state index in [-0.39, 0.29) is 5.78 Å². The van der Waals surface area contributed by atoms with E-state index < -0.39 is 0 Å². The predicted octanol–water partition coefficient (Wildman–Crippen LogP) is 1.54. The van der Waals surface area contributed by atoms with Crippen LogP contribution in [0.3, 0.4) is 0 Å². The molecule has 0 amide bonds. The maximum absolute atomic E-state index is 12.1. The van der Waals surface area contributed by atoms with Gasteiger partial charge in [0, 0.05) is 24.5 Å². The Morgan fingerprint density at radius 2 is 2.12 bits per heavy atom. The lowest BCUT2D eigenvalue weighted by molar-refractivity contribution is 0.103. The van der Waals surface area contributed by atoms with Crippen molar-refractivity contribution in [3.8, 4) is 0 Å². The fourth-order valence-electron chi connectivity index (χ4n) is 1.53. The number of anilines is 1. The van der Waals surface area contributed by atoms with E-state index in [1.807, 2.05) is 13.0 Å². The molecule has 0 fully saturated rings. The Hall–Kier alpha value is -2.10. The van der Waals surface area contributed by atoms with Crippen molar-refractivity contribution in [2.24, 2.45) is 7.05 Å². The lowest BCUT2D eigenvalue weighted by atomic mass is 10.1. The Kier molecular flexibility index (Phi) is 2.48. The van der Waals surface area contributed by atoms with Crippen LogP contribution in [0.4, 0.5) is 5.69 Å².